The lowest BCUT2D eigenvalue weighted by Gasteiger charge is -2.08. The van der Waals surface area contributed by atoms with Crippen LogP contribution in [0.3, 0.4) is 0 Å². The van der Waals surface area contributed by atoms with E-state index in [1.54, 1.807) is 0 Å². The zero-order valence-corrected chi connectivity index (χ0v) is 12.7. The number of aryl methyl sites for hydroxylation is 1. The van der Waals surface area contributed by atoms with Crippen LogP contribution >= 0.6 is 11.6 Å². The predicted octanol–water partition coefficient (Wildman–Crippen LogP) is 4.20. The predicted molar refractivity (Wildman–Crippen MR) is 85.6 cm³/mol. The highest BCUT2D eigenvalue weighted by atomic mass is 35.5. The summed E-state index contributed by atoms with van der Waals surface area (Å²) in [7, 11) is 0. The number of amides is 1. The van der Waals surface area contributed by atoms with Crippen molar-refractivity contribution in [1.82, 2.24) is 10.3 Å². The molecular weight excluding hydrogens is 303 g/mol. The van der Waals surface area contributed by atoms with E-state index < -0.39 is 11.7 Å². The molecular formula is C17H14ClFN2O. The maximum Gasteiger partial charge on any atom is 0.256 e. The number of halogens is 2. The molecule has 0 saturated carbocycles. The van der Waals surface area contributed by atoms with E-state index in [4.69, 9.17) is 11.6 Å². The molecule has 0 aliphatic carbocycles. The fourth-order valence-electron chi connectivity index (χ4n) is 2.42. The molecule has 1 heterocycles. The average molecular weight is 317 g/mol. The Bertz CT molecular complexity index is 837. The zero-order chi connectivity index (χ0) is 15.7. The molecule has 0 saturated heterocycles. The van der Waals surface area contributed by atoms with Gasteiger partial charge in [-0.25, -0.2) is 4.39 Å². The van der Waals surface area contributed by atoms with Crippen LogP contribution in [0.25, 0.3) is 10.9 Å². The number of H-pyrrole nitrogens is 1. The van der Waals surface area contributed by atoms with Crippen molar-refractivity contribution in [2.75, 3.05) is 0 Å². The van der Waals surface area contributed by atoms with Crippen LogP contribution in [0.2, 0.25) is 5.02 Å². The van der Waals surface area contributed by atoms with E-state index in [1.807, 2.05) is 31.2 Å². The minimum absolute atomic E-state index is 0.106. The molecule has 5 heteroatoms. The van der Waals surface area contributed by atoms with Gasteiger partial charge in [-0.2, -0.15) is 0 Å². The largest absolute Gasteiger partial charge is 0.359 e. The summed E-state index contributed by atoms with van der Waals surface area (Å²) in [5.41, 5.74) is 2.94. The molecule has 0 aliphatic heterocycles. The summed E-state index contributed by atoms with van der Waals surface area (Å²) in [6, 6.07) is 12.1. The van der Waals surface area contributed by atoms with Gasteiger partial charge in [0.2, 0.25) is 0 Å². The van der Waals surface area contributed by atoms with Gasteiger partial charge in [-0.3, -0.25) is 4.79 Å². The highest BCUT2D eigenvalue weighted by Gasteiger charge is 2.15. The van der Waals surface area contributed by atoms with Crippen LogP contribution < -0.4 is 5.32 Å². The van der Waals surface area contributed by atoms with Gasteiger partial charge < -0.3 is 10.3 Å². The third kappa shape index (κ3) is 2.83. The van der Waals surface area contributed by atoms with Crippen LogP contribution in [0.4, 0.5) is 4.39 Å². The normalized spacial score (nSPS) is 10.9. The second-order valence-electron chi connectivity index (χ2n) is 5.15. The van der Waals surface area contributed by atoms with E-state index in [-0.39, 0.29) is 10.6 Å². The second kappa shape index (κ2) is 5.81. The van der Waals surface area contributed by atoms with E-state index >= 15 is 0 Å². The summed E-state index contributed by atoms with van der Waals surface area (Å²) in [5.74, 6) is -1.14. The summed E-state index contributed by atoms with van der Waals surface area (Å²) < 4.78 is 13.7. The highest BCUT2D eigenvalue weighted by Crippen LogP contribution is 2.20. The quantitative estimate of drug-likeness (QED) is 0.747. The Balaban J connectivity index is 1.77. The van der Waals surface area contributed by atoms with Gasteiger partial charge in [-0.1, -0.05) is 23.7 Å². The molecule has 0 unspecified atom stereocenters. The van der Waals surface area contributed by atoms with Gasteiger partial charge in [0, 0.05) is 17.8 Å². The molecule has 0 radical (unpaired) electrons. The Labute approximate surface area is 132 Å². The molecule has 3 rings (SSSR count). The molecule has 3 nitrogen and oxygen atoms in total. The molecule has 3 aromatic rings. The van der Waals surface area contributed by atoms with Crippen LogP contribution in [0, 0.1) is 12.7 Å². The minimum atomic E-state index is -0.623. The molecule has 0 bridgehead atoms. The Morgan fingerprint density at radius 2 is 2.09 bits per heavy atom. The number of aromatic nitrogens is 1. The van der Waals surface area contributed by atoms with Crippen molar-refractivity contribution in [2.24, 2.45) is 0 Å². The molecule has 0 fully saturated rings. The topological polar surface area (TPSA) is 44.9 Å². The van der Waals surface area contributed by atoms with Crippen LogP contribution in [-0.4, -0.2) is 10.9 Å². The van der Waals surface area contributed by atoms with Gasteiger partial charge >= 0.3 is 0 Å². The third-order valence-electron chi connectivity index (χ3n) is 3.46. The molecule has 2 aromatic carbocycles. The van der Waals surface area contributed by atoms with Crippen molar-refractivity contribution in [2.45, 2.75) is 13.5 Å². The van der Waals surface area contributed by atoms with Crippen molar-refractivity contribution < 1.29 is 9.18 Å². The summed E-state index contributed by atoms with van der Waals surface area (Å²) in [6.45, 7) is 2.30. The SMILES string of the molecule is Cc1cc2cc(CNC(=O)c3c(F)cccc3Cl)ccc2[nH]1. The van der Waals surface area contributed by atoms with Gasteiger partial charge in [0.25, 0.3) is 5.91 Å². The number of carbonyl (C=O) groups excluding carboxylic acids is 1. The van der Waals surface area contributed by atoms with E-state index in [0.29, 0.717) is 6.54 Å². The highest BCUT2D eigenvalue weighted by molar-refractivity contribution is 6.33. The van der Waals surface area contributed by atoms with Gasteiger partial charge in [0.05, 0.1) is 10.6 Å². The van der Waals surface area contributed by atoms with Crippen LogP contribution in [0.15, 0.2) is 42.5 Å². The molecule has 0 atom stereocenters. The maximum atomic E-state index is 13.7. The molecule has 0 aliphatic rings. The first kappa shape index (κ1) is 14.6. The Kier molecular flexibility index (Phi) is 3.86. The lowest BCUT2D eigenvalue weighted by atomic mass is 10.1. The number of rotatable bonds is 3. The van der Waals surface area contributed by atoms with Gasteiger partial charge in [-0.15, -0.1) is 0 Å². The molecule has 22 heavy (non-hydrogen) atoms. The summed E-state index contributed by atoms with van der Waals surface area (Å²) >= 11 is 5.88. The number of benzene rings is 2. The fourth-order valence-corrected chi connectivity index (χ4v) is 2.67. The first-order valence-corrected chi connectivity index (χ1v) is 7.23. The number of hydrogen-bond donors (Lipinski definition) is 2. The van der Waals surface area contributed by atoms with E-state index in [1.165, 1.54) is 18.2 Å². The van der Waals surface area contributed by atoms with Crippen LogP contribution in [0.5, 0.6) is 0 Å². The molecule has 1 amide bonds. The molecule has 2 N–H and O–H groups in total. The monoisotopic (exact) mass is 316 g/mol. The minimum Gasteiger partial charge on any atom is -0.359 e. The average Bonchev–Trinajstić information content (AvgIpc) is 2.84. The second-order valence-corrected chi connectivity index (χ2v) is 5.56. The fraction of sp³-hybridized carbons (Fsp3) is 0.118. The van der Waals surface area contributed by atoms with Crippen LogP contribution in [0.1, 0.15) is 21.6 Å². The van der Waals surface area contributed by atoms with Crippen molar-refractivity contribution in [1.29, 1.82) is 0 Å². The standard InChI is InChI=1S/C17H14ClFN2O/c1-10-7-12-8-11(5-6-15(12)21-10)9-20-17(22)16-13(18)3-2-4-14(16)19/h2-8,21H,9H2,1H3,(H,20,22). The van der Waals surface area contributed by atoms with Crippen molar-refractivity contribution in [3.63, 3.8) is 0 Å². The third-order valence-corrected chi connectivity index (χ3v) is 3.78. The smallest absolute Gasteiger partial charge is 0.256 e. The van der Waals surface area contributed by atoms with E-state index in [9.17, 15) is 9.18 Å². The summed E-state index contributed by atoms with van der Waals surface area (Å²) in [6.07, 6.45) is 0. The van der Waals surface area contributed by atoms with Gasteiger partial charge in [-0.05, 0) is 48.2 Å². The van der Waals surface area contributed by atoms with Crippen molar-refractivity contribution in [3.8, 4) is 0 Å². The first-order valence-electron chi connectivity index (χ1n) is 6.85. The number of aromatic amines is 1. The van der Waals surface area contributed by atoms with Gasteiger partial charge in [0.15, 0.2) is 0 Å². The first-order chi connectivity index (χ1) is 10.5. The molecule has 1 aromatic heterocycles. The summed E-state index contributed by atoms with van der Waals surface area (Å²) in [4.78, 5) is 15.3. The van der Waals surface area contributed by atoms with Crippen molar-refractivity contribution in [3.05, 3.63) is 70.1 Å². The summed E-state index contributed by atoms with van der Waals surface area (Å²) in [5, 5.41) is 3.88. The molecule has 0 spiro atoms. The number of nitrogens with one attached hydrogen (secondary N) is 2. The van der Waals surface area contributed by atoms with Gasteiger partial charge in [0.1, 0.15) is 5.82 Å². The molecule has 112 valence electrons. The Hall–Kier alpha value is -2.33. The number of hydrogen-bond acceptors (Lipinski definition) is 1. The number of fused-ring (bicyclic) bond motifs is 1. The van der Waals surface area contributed by atoms with Crippen molar-refractivity contribution >= 4 is 28.4 Å². The van der Waals surface area contributed by atoms with E-state index in [0.717, 1.165) is 22.2 Å². The van der Waals surface area contributed by atoms with E-state index in [2.05, 4.69) is 10.3 Å². The van der Waals surface area contributed by atoms with Crippen LogP contribution in [-0.2, 0) is 6.54 Å². The lowest BCUT2D eigenvalue weighted by molar-refractivity contribution is 0.0947. The maximum absolute atomic E-state index is 13.7. The zero-order valence-electron chi connectivity index (χ0n) is 11.9. The Morgan fingerprint density at radius 1 is 1.27 bits per heavy atom. The number of carbonyl (C=O) groups is 1. The Morgan fingerprint density at radius 3 is 2.86 bits per heavy atom. The lowest BCUT2D eigenvalue weighted by Crippen LogP contribution is -2.24.